The molecule has 0 aromatic carbocycles. The SMILES string of the molecule is O=[N+]([O-])[O-].O=[N+]([O-])[O-].O=[N+]([O-])[O-].O=[N+]([O-])[O-].O=[N+]([O-])[O-].O=[N+]([O-])[O-].O=[N+]([O-])[O-].[Ce+3].[Zr+4]. The molecule has 0 saturated heterocycles. The maximum atomic E-state index is 8.25. The molecule has 28 nitrogen and oxygen atoms in total. The van der Waals surface area contributed by atoms with Crippen molar-refractivity contribution in [3.05, 3.63) is 107 Å². The summed E-state index contributed by atoms with van der Waals surface area (Å²) in [4.78, 5) is 57.8. The van der Waals surface area contributed by atoms with Crippen molar-refractivity contribution >= 4 is 0 Å². The Kier molecular flexibility index (Phi) is 93.9. The summed E-state index contributed by atoms with van der Waals surface area (Å²) in [6.07, 6.45) is 0. The van der Waals surface area contributed by atoms with Crippen LogP contribution in [0.5, 0.6) is 0 Å². The van der Waals surface area contributed by atoms with Gasteiger partial charge in [-0.05, 0) is 0 Å². The van der Waals surface area contributed by atoms with E-state index in [1.165, 1.54) is 0 Å². The third-order valence-electron chi connectivity index (χ3n) is 0. The van der Waals surface area contributed by atoms with Crippen molar-refractivity contribution in [1.29, 1.82) is 0 Å². The Morgan fingerprint density at radius 1 is 0.267 bits per heavy atom. The smallest absolute Gasteiger partial charge is 0.356 e. The van der Waals surface area contributed by atoms with Crippen LogP contribution in [0.4, 0.5) is 0 Å². The van der Waals surface area contributed by atoms with E-state index in [0.29, 0.717) is 0 Å². The minimum absolute atomic E-state index is 0. The van der Waals surface area contributed by atoms with Crippen LogP contribution >= 0.6 is 0 Å². The first kappa shape index (κ1) is 56.3. The molecule has 0 atom stereocenters. The Morgan fingerprint density at radius 3 is 0.267 bits per heavy atom. The predicted octanol–water partition coefficient (Wildman–Crippen LogP) is -1.68. The zero-order chi connectivity index (χ0) is 25.0. The van der Waals surface area contributed by atoms with E-state index in [4.69, 9.17) is 107 Å². The second kappa shape index (κ2) is 50.0. The van der Waals surface area contributed by atoms with Crippen molar-refractivity contribution in [2.45, 2.75) is 0 Å². The minimum Gasteiger partial charge on any atom is -0.356 e. The first-order valence-corrected chi connectivity index (χ1v) is 3.83. The number of hydrogen-bond acceptors (Lipinski definition) is 21. The van der Waals surface area contributed by atoms with Gasteiger partial charge < -0.3 is 107 Å². The van der Waals surface area contributed by atoms with Gasteiger partial charge in [-0.1, -0.05) is 0 Å². The Morgan fingerprint density at radius 2 is 0.267 bits per heavy atom. The van der Waals surface area contributed by atoms with Gasteiger partial charge in [-0.15, -0.1) is 0 Å². The summed E-state index contributed by atoms with van der Waals surface area (Å²) in [6.45, 7) is 0. The molecule has 1 radical (unpaired) electrons. The van der Waals surface area contributed by atoms with E-state index in [2.05, 4.69) is 0 Å². The number of hydrogen-bond donors (Lipinski definition) is 0. The van der Waals surface area contributed by atoms with E-state index >= 15 is 0 Å². The molecule has 0 unspecified atom stereocenters. The van der Waals surface area contributed by atoms with Gasteiger partial charge >= 0.3 is 68.0 Å². The zero-order valence-electron chi connectivity index (χ0n) is 12.7. The van der Waals surface area contributed by atoms with E-state index in [1.807, 2.05) is 0 Å². The fourth-order valence-electron chi connectivity index (χ4n) is 0. The van der Waals surface area contributed by atoms with Gasteiger partial charge in [0.1, 0.15) is 0 Å². The van der Waals surface area contributed by atoms with Crippen LogP contribution in [-0.2, 0) is 26.2 Å². The van der Waals surface area contributed by atoms with Gasteiger partial charge in [-0.2, -0.15) is 0 Å². The molecule has 0 aromatic heterocycles. The summed E-state index contributed by atoms with van der Waals surface area (Å²) in [5.41, 5.74) is 0. The first-order valence-electron chi connectivity index (χ1n) is 3.83. The zero-order valence-corrected chi connectivity index (χ0v) is 18.3. The van der Waals surface area contributed by atoms with Crippen LogP contribution in [0.3, 0.4) is 0 Å². The second-order valence-electron chi connectivity index (χ2n) is 1.57. The van der Waals surface area contributed by atoms with Gasteiger partial charge in [0.05, 0.1) is 35.6 Å². The van der Waals surface area contributed by atoms with Crippen molar-refractivity contribution in [3.63, 3.8) is 0 Å². The van der Waals surface area contributed by atoms with Crippen LogP contribution < -0.4 is 0 Å². The summed E-state index contributed by atoms with van der Waals surface area (Å²) < 4.78 is 0. The molecule has 0 spiro atoms. The van der Waals surface area contributed by atoms with Crippen LogP contribution in [-0.4, -0.2) is 35.6 Å². The average Bonchev–Trinajstić information content (AvgIpc) is 2.20. The monoisotopic (exact) mass is 664 g/mol. The quantitative estimate of drug-likeness (QED) is 0.206. The second-order valence-corrected chi connectivity index (χ2v) is 1.57. The van der Waals surface area contributed by atoms with Crippen LogP contribution in [0.25, 0.3) is 0 Å². The summed E-state index contributed by atoms with van der Waals surface area (Å²) in [5.74, 6) is 0. The van der Waals surface area contributed by atoms with Crippen LogP contribution in [0, 0.1) is 149 Å². The Balaban J connectivity index is -0.0000000242. The molecule has 0 heterocycles. The molecule has 30 heteroatoms. The number of nitrogens with zero attached hydrogens (tertiary/aromatic N) is 7. The van der Waals surface area contributed by atoms with Crippen LogP contribution in [0.1, 0.15) is 0 Å². The van der Waals surface area contributed by atoms with Gasteiger partial charge in [0.25, 0.3) is 0 Å². The average molecular weight is 665 g/mol. The molecule has 0 aliphatic heterocycles. The van der Waals surface area contributed by atoms with Crippen molar-refractivity contribution in [2.24, 2.45) is 0 Å². The van der Waals surface area contributed by atoms with E-state index in [0.717, 1.165) is 0 Å². The van der Waals surface area contributed by atoms with Crippen molar-refractivity contribution in [2.75, 3.05) is 0 Å². The largest absolute Gasteiger partial charge is 4.00 e. The standard InChI is InChI=1S/Ce.7NO3.Zr/c;7*2-1(3)4;/q+3;7*-1;+4. The number of rotatable bonds is 0. The fraction of sp³-hybridized carbons (Fsp3) is 0. The summed E-state index contributed by atoms with van der Waals surface area (Å²) in [7, 11) is 0. The van der Waals surface area contributed by atoms with Crippen LogP contribution in [0.2, 0.25) is 0 Å². The molecule has 0 fully saturated rings. The van der Waals surface area contributed by atoms with E-state index in [9.17, 15) is 0 Å². The Hall–Kier alpha value is -3.34. The predicted molar refractivity (Wildman–Crippen MR) is 72.5 cm³/mol. The van der Waals surface area contributed by atoms with Crippen LogP contribution in [0.15, 0.2) is 0 Å². The fourth-order valence-corrected chi connectivity index (χ4v) is 0. The van der Waals surface area contributed by atoms with Gasteiger partial charge in [0.2, 0.25) is 0 Å². The summed E-state index contributed by atoms with van der Waals surface area (Å²) in [6, 6.07) is 0. The summed E-state index contributed by atoms with van der Waals surface area (Å²) >= 11 is 0. The molecule has 0 bridgehead atoms. The first-order chi connectivity index (χ1) is 12.1. The molecule has 0 saturated carbocycles. The van der Waals surface area contributed by atoms with E-state index in [1.54, 1.807) is 0 Å². The molecular formula is CeN7O21Zr. The maximum absolute atomic E-state index is 8.25. The molecule has 30 heavy (non-hydrogen) atoms. The summed E-state index contributed by atoms with van der Waals surface area (Å²) in [5, 5.41) is 103. The molecule has 169 valence electrons. The minimum atomic E-state index is -1.75. The maximum Gasteiger partial charge on any atom is 4.00 e. The molecule has 0 amide bonds. The van der Waals surface area contributed by atoms with Crippen molar-refractivity contribution in [3.8, 4) is 0 Å². The molecule has 0 N–H and O–H groups in total. The van der Waals surface area contributed by atoms with E-state index < -0.39 is 35.6 Å². The molecule has 0 aliphatic carbocycles. The molecule has 0 aliphatic rings. The third kappa shape index (κ3) is 1240. The van der Waals surface area contributed by atoms with Gasteiger partial charge in [0.15, 0.2) is 0 Å². The van der Waals surface area contributed by atoms with Gasteiger partial charge in [-0.25, -0.2) is 0 Å². The van der Waals surface area contributed by atoms with Crippen molar-refractivity contribution < 1.29 is 104 Å². The van der Waals surface area contributed by atoms with Gasteiger partial charge in [0, 0.05) is 0 Å². The van der Waals surface area contributed by atoms with E-state index in [-0.39, 0.29) is 68.0 Å². The van der Waals surface area contributed by atoms with Gasteiger partial charge in [-0.3, -0.25) is 0 Å². The topological polar surface area (TPSA) is 463 Å². The Bertz CT molecular complexity index is 314. The molecular weight excluding hydrogens is 665 g/mol. The molecule has 0 rings (SSSR count). The molecule has 0 aromatic rings. The Labute approximate surface area is 209 Å². The third-order valence-corrected chi connectivity index (χ3v) is 0. The normalized spacial score (nSPS) is 5.60. The van der Waals surface area contributed by atoms with Crippen molar-refractivity contribution in [1.82, 2.24) is 0 Å².